The van der Waals surface area contributed by atoms with Gasteiger partial charge in [-0.05, 0) is 19.1 Å². The second kappa shape index (κ2) is 4.79. The van der Waals surface area contributed by atoms with Crippen LogP contribution in [0.15, 0.2) is 30.3 Å². The van der Waals surface area contributed by atoms with Gasteiger partial charge in [0.1, 0.15) is 5.75 Å². The number of hydrogen-bond acceptors (Lipinski definition) is 3. The molecule has 0 heterocycles. The van der Waals surface area contributed by atoms with Crippen LogP contribution >= 0.6 is 0 Å². The molecule has 0 aliphatic rings. The number of hydrogen-bond donors (Lipinski definition) is 1. The maximum absolute atomic E-state index is 11.4. The van der Waals surface area contributed by atoms with E-state index in [2.05, 4.69) is 0 Å². The van der Waals surface area contributed by atoms with E-state index in [0.29, 0.717) is 5.75 Å². The number of carbonyl (C=O) groups is 2. The van der Waals surface area contributed by atoms with Gasteiger partial charge in [0.2, 0.25) is 0 Å². The van der Waals surface area contributed by atoms with Crippen LogP contribution in [0.2, 0.25) is 0 Å². The van der Waals surface area contributed by atoms with E-state index in [4.69, 9.17) is 9.84 Å². The number of carbonyl (C=O) groups excluding carboxylic acids is 1. The Kier molecular flexibility index (Phi) is 3.66. The number of para-hydroxylation sites is 1. The van der Waals surface area contributed by atoms with Crippen molar-refractivity contribution in [2.24, 2.45) is 0 Å². The molecule has 1 unspecified atom stereocenters. The first kappa shape index (κ1) is 12.2. The van der Waals surface area contributed by atoms with Gasteiger partial charge in [0, 0.05) is 6.42 Å². The predicted octanol–water partition coefficient (Wildman–Crippen LogP) is 1.89. The third kappa shape index (κ3) is 2.21. The molecular weight excluding hydrogens is 208 g/mol. The molecule has 4 heteroatoms. The van der Waals surface area contributed by atoms with E-state index >= 15 is 0 Å². The van der Waals surface area contributed by atoms with Gasteiger partial charge in [0.25, 0.3) is 5.60 Å². The molecule has 1 aromatic carbocycles. The summed E-state index contributed by atoms with van der Waals surface area (Å²) in [4.78, 5) is 22.6. The molecule has 1 N–H and O–H groups in total. The van der Waals surface area contributed by atoms with Gasteiger partial charge in [-0.25, -0.2) is 4.79 Å². The fourth-order valence-corrected chi connectivity index (χ4v) is 1.43. The minimum atomic E-state index is -1.78. The fourth-order valence-electron chi connectivity index (χ4n) is 1.43. The van der Waals surface area contributed by atoms with E-state index < -0.39 is 17.4 Å². The number of benzene rings is 1. The van der Waals surface area contributed by atoms with Crippen molar-refractivity contribution in [1.29, 1.82) is 0 Å². The number of aliphatic carboxylic acids is 1. The molecule has 1 atom stereocenters. The fraction of sp³-hybridized carbons (Fsp3) is 0.333. The summed E-state index contributed by atoms with van der Waals surface area (Å²) in [6.45, 7) is 2.83. The maximum atomic E-state index is 11.4. The van der Waals surface area contributed by atoms with Crippen LogP contribution in [0.4, 0.5) is 0 Å². The molecule has 0 saturated heterocycles. The molecule has 0 fully saturated rings. The second-order valence-electron chi connectivity index (χ2n) is 3.46. The minimum Gasteiger partial charge on any atom is -0.478 e. The molecule has 0 aromatic heterocycles. The smallest absolute Gasteiger partial charge is 0.355 e. The average Bonchev–Trinajstić information content (AvgIpc) is 2.26. The van der Waals surface area contributed by atoms with Gasteiger partial charge < -0.3 is 9.84 Å². The summed E-state index contributed by atoms with van der Waals surface area (Å²) >= 11 is 0. The lowest BCUT2D eigenvalue weighted by molar-refractivity contribution is -0.161. The Bertz CT molecular complexity index is 369. The molecule has 86 valence electrons. The lowest BCUT2D eigenvalue weighted by atomic mass is 9.96. The first-order valence-electron chi connectivity index (χ1n) is 5.01. The van der Waals surface area contributed by atoms with E-state index in [1.165, 1.54) is 6.92 Å². The van der Waals surface area contributed by atoms with Crippen LogP contribution in [0.3, 0.4) is 0 Å². The molecule has 0 bridgehead atoms. The molecule has 0 saturated carbocycles. The first-order valence-corrected chi connectivity index (χ1v) is 5.01. The Morgan fingerprint density at radius 2 is 1.88 bits per heavy atom. The summed E-state index contributed by atoms with van der Waals surface area (Å²) in [7, 11) is 0. The van der Waals surface area contributed by atoms with Crippen LogP contribution in [0.25, 0.3) is 0 Å². The molecule has 1 aromatic rings. The average molecular weight is 222 g/mol. The van der Waals surface area contributed by atoms with E-state index in [1.54, 1.807) is 37.3 Å². The van der Waals surface area contributed by atoms with E-state index in [1.807, 2.05) is 0 Å². The molecule has 0 radical (unpaired) electrons. The third-order valence-corrected chi connectivity index (χ3v) is 2.45. The Labute approximate surface area is 93.9 Å². The largest absolute Gasteiger partial charge is 0.478 e. The second-order valence-corrected chi connectivity index (χ2v) is 3.46. The lowest BCUT2D eigenvalue weighted by Crippen LogP contribution is -2.50. The zero-order valence-corrected chi connectivity index (χ0v) is 9.27. The van der Waals surface area contributed by atoms with Crippen LogP contribution in [-0.4, -0.2) is 22.5 Å². The minimum absolute atomic E-state index is 0.0898. The summed E-state index contributed by atoms with van der Waals surface area (Å²) in [5, 5.41) is 9.11. The van der Waals surface area contributed by atoms with Gasteiger partial charge in [-0.3, -0.25) is 4.79 Å². The van der Waals surface area contributed by atoms with Gasteiger partial charge in [-0.2, -0.15) is 0 Å². The number of ketones is 1. The van der Waals surface area contributed by atoms with E-state index in [0.717, 1.165) is 0 Å². The van der Waals surface area contributed by atoms with Crippen LogP contribution in [0.5, 0.6) is 5.75 Å². The van der Waals surface area contributed by atoms with Gasteiger partial charge in [0.15, 0.2) is 5.78 Å². The quantitative estimate of drug-likeness (QED) is 0.773. The van der Waals surface area contributed by atoms with Crippen molar-refractivity contribution in [3.63, 3.8) is 0 Å². The van der Waals surface area contributed by atoms with Crippen molar-refractivity contribution >= 4 is 11.8 Å². The normalized spacial score (nSPS) is 13.9. The number of Topliss-reactive ketones (excluding diaryl/α,β-unsaturated/α-hetero) is 1. The Balaban J connectivity index is 3.04. The number of carboxylic acid groups (broad SMARTS) is 1. The Hall–Kier alpha value is -1.84. The van der Waals surface area contributed by atoms with Crippen LogP contribution in [0, 0.1) is 0 Å². The highest BCUT2D eigenvalue weighted by molar-refractivity contribution is 6.05. The number of ether oxygens (including phenoxy) is 1. The Morgan fingerprint density at radius 1 is 1.31 bits per heavy atom. The highest BCUT2D eigenvalue weighted by Gasteiger charge is 2.44. The SMILES string of the molecule is CCC(Oc1ccccc1)(C(C)=O)C(=O)O. The van der Waals surface area contributed by atoms with Crippen LogP contribution < -0.4 is 4.74 Å². The van der Waals surface area contributed by atoms with E-state index in [-0.39, 0.29) is 6.42 Å². The Morgan fingerprint density at radius 3 is 2.25 bits per heavy atom. The zero-order chi connectivity index (χ0) is 12.2. The zero-order valence-electron chi connectivity index (χ0n) is 9.27. The molecule has 0 aliphatic carbocycles. The monoisotopic (exact) mass is 222 g/mol. The summed E-state index contributed by atoms with van der Waals surface area (Å²) in [6.07, 6.45) is 0.0898. The number of carboxylic acids is 1. The standard InChI is InChI=1S/C12H14O4/c1-3-12(9(2)13,11(14)15)16-10-7-5-4-6-8-10/h4-8H,3H2,1-2H3,(H,14,15). The molecule has 0 amide bonds. The maximum Gasteiger partial charge on any atom is 0.355 e. The molecule has 0 spiro atoms. The van der Waals surface area contributed by atoms with Gasteiger partial charge in [-0.15, -0.1) is 0 Å². The van der Waals surface area contributed by atoms with Crippen molar-refractivity contribution in [2.75, 3.05) is 0 Å². The highest BCUT2D eigenvalue weighted by Crippen LogP contribution is 2.22. The summed E-state index contributed by atoms with van der Waals surface area (Å²) in [5.74, 6) is -1.39. The molecule has 16 heavy (non-hydrogen) atoms. The van der Waals surface area contributed by atoms with Crippen molar-refractivity contribution in [2.45, 2.75) is 25.9 Å². The van der Waals surface area contributed by atoms with Crippen molar-refractivity contribution in [1.82, 2.24) is 0 Å². The molecule has 1 rings (SSSR count). The molecular formula is C12H14O4. The molecule has 4 nitrogen and oxygen atoms in total. The van der Waals surface area contributed by atoms with Gasteiger partial charge in [-0.1, -0.05) is 25.1 Å². The summed E-state index contributed by atoms with van der Waals surface area (Å²) in [5.41, 5.74) is -1.78. The third-order valence-electron chi connectivity index (χ3n) is 2.45. The highest BCUT2D eigenvalue weighted by atomic mass is 16.5. The van der Waals surface area contributed by atoms with Crippen molar-refractivity contribution in [3.05, 3.63) is 30.3 Å². The summed E-state index contributed by atoms with van der Waals surface area (Å²) < 4.78 is 5.33. The van der Waals surface area contributed by atoms with E-state index in [9.17, 15) is 9.59 Å². The summed E-state index contributed by atoms with van der Waals surface area (Å²) in [6, 6.07) is 8.47. The predicted molar refractivity (Wildman–Crippen MR) is 58.4 cm³/mol. The number of rotatable bonds is 5. The first-order chi connectivity index (χ1) is 7.53. The lowest BCUT2D eigenvalue weighted by Gasteiger charge is -2.26. The van der Waals surface area contributed by atoms with Gasteiger partial charge in [0.05, 0.1) is 0 Å². The molecule has 0 aliphatic heterocycles. The van der Waals surface area contributed by atoms with Crippen LogP contribution in [0.1, 0.15) is 20.3 Å². The topological polar surface area (TPSA) is 63.6 Å². The van der Waals surface area contributed by atoms with Crippen molar-refractivity contribution in [3.8, 4) is 5.75 Å². The van der Waals surface area contributed by atoms with Crippen molar-refractivity contribution < 1.29 is 19.4 Å². The van der Waals surface area contributed by atoms with Gasteiger partial charge >= 0.3 is 5.97 Å². The van der Waals surface area contributed by atoms with Crippen LogP contribution in [-0.2, 0) is 9.59 Å².